The van der Waals surface area contributed by atoms with E-state index in [4.69, 9.17) is 0 Å². The van der Waals surface area contributed by atoms with Gasteiger partial charge in [-0.05, 0) is 29.7 Å². The summed E-state index contributed by atoms with van der Waals surface area (Å²) < 4.78 is 12.5. The lowest BCUT2D eigenvalue weighted by Crippen LogP contribution is -2.24. The number of rotatable bonds is 1. The molecule has 0 radical (unpaired) electrons. The van der Waals surface area contributed by atoms with Crippen LogP contribution in [0.4, 0.5) is 4.39 Å². The summed E-state index contributed by atoms with van der Waals surface area (Å²) in [7, 11) is 0. The smallest absolute Gasteiger partial charge is 0.115 e. The molecule has 1 aliphatic rings. The largest absolute Gasteiger partial charge is 0.312 e. The second kappa shape index (κ2) is 3.23. The summed E-state index contributed by atoms with van der Waals surface area (Å²) in [6.45, 7) is 1.54. The molecule has 0 fully saturated rings. The van der Waals surface area contributed by atoms with E-state index in [1.807, 2.05) is 12.1 Å². The highest BCUT2D eigenvalue weighted by Gasteiger charge is 2.11. The monoisotopic (exact) mass is 165 g/mol. The molecule has 1 N–H and O–H groups in total. The van der Waals surface area contributed by atoms with Crippen LogP contribution in [0.25, 0.3) is 0 Å². The van der Waals surface area contributed by atoms with Crippen LogP contribution >= 0.6 is 0 Å². The van der Waals surface area contributed by atoms with Gasteiger partial charge in [0.25, 0.3) is 0 Å². The van der Waals surface area contributed by atoms with E-state index in [0.717, 1.165) is 25.1 Å². The molecule has 12 heavy (non-hydrogen) atoms. The van der Waals surface area contributed by atoms with Gasteiger partial charge in [-0.15, -0.1) is 0 Å². The third-order valence-corrected chi connectivity index (χ3v) is 2.38. The lowest BCUT2D eigenvalue weighted by molar-refractivity contribution is 0.479. The van der Waals surface area contributed by atoms with Gasteiger partial charge in [0.1, 0.15) is 6.67 Å². The van der Waals surface area contributed by atoms with Gasteiger partial charge in [0.05, 0.1) is 0 Å². The highest BCUT2D eigenvalue weighted by atomic mass is 19.1. The number of halogens is 1. The molecule has 2 rings (SSSR count). The Morgan fingerprint density at radius 3 is 3.17 bits per heavy atom. The second-order valence-electron chi connectivity index (χ2n) is 3.12. The average molecular weight is 165 g/mol. The lowest BCUT2D eigenvalue weighted by Gasteiger charge is -2.18. The Morgan fingerprint density at radius 1 is 1.42 bits per heavy atom. The van der Waals surface area contributed by atoms with Gasteiger partial charge in [0, 0.05) is 6.54 Å². The van der Waals surface area contributed by atoms with Crippen molar-refractivity contribution in [2.45, 2.75) is 19.6 Å². The highest BCUT2D eigenvalue weighted by molar-refractivity contribution is 5.36. The molecule has 1 heterocycles. The molecule has 0 spiro atoms. The van der Waals surface area contributed by atoms with Crippen molar-refractivity contribution < 1.29 is 4.39 Å². The number of benzene rings is 1. The van der Waals surface area contributed by atoms with Gasteiger partial charge in [0.15, 0.2) is 0 Å². The summed E-state index contributed by atoms with van der Waals surface area (Å²) in [5, 5.41) is 3.27. The molecular weight excluding hydrogens is 153 g/mol. The maximum atomic E-state index is 12.5. The van der Waals surface area contributed by atoms with E-state index in [1.54, 1.807) is 0 Å². The molecule has 1 aliphatic heterocycles. The Balaban J connectivity index is 2.44. The number of alkyl halides is 1. The molecule has 64 valence electrons. The first-order valence-electron chi connectivity index (χ1n) is 4.28. The van der Waals surface area contributed by atoms with Crippen molar-refractivity contribution >= 4 is 0 Å². The number of hydrogen-bond donors (Lipinski definition) is 1. The number of fused-ring (bicyclic) bond motifs is 1. The zero-order valence-corrected chi connectivity index (χ0v) is 6.94. The van der Waals surface area contributed by atoms with Crippen molar-refractivity contribution in [3.05, 3.63) is 34.9 Å². The van der Waals surface area contributed by atoms with Gasteiger partial charge in [-0.1, -0.05) is 18.2 Å². The SMILES string of the molecule is FCc1cccc2c1CCNC2. The maximum absolute atomic E-state index is 12.5. The Hall–Kier alpha value is -0.890. The quantitative estimate of drug-likeness (QED) is 0.669. The summed E-state index contributed by atoms with van der Waals surface area (Å²) in [4.78, 5) is 0. The van der Waals surface area contributed by atoms with E-state index in [9.17, 15) is 4.39 Å². The minimum absolute atomic E-state index is 0.330. The van der Waals surface area contributed by atoms with Gasteiger partial charge in [-0.25, -0.2) is 4.39 Å². The average Bonchev–Trinajstić information content (AvgIpc) is 2.17. The topological polar surface area (TPSA) is 12.0 Å². The van der Waals surface area contributed by atoms with Crippen molar-refractivity contribution in [1.82, 2.24) is 5.32 Å². The fraction of sp³-hybridized carbons (Fsp3) is 0.400. The zero-order valence-electron chi connectivity index (χ0n) is 6.94. The fourth-order valence-electron chi connectivity index (χ4n) is 1.74. The van der Waals surface area contributed by atoms with Crippen molar-refractivity contribution in [3.63, 3.8) is 0 Å². The predicted molar refractivity (Wildman–Crippen MR) is 46.7 cm³/mol. The van der Waals surface area contributed by atoms with E-state index >= 15 is 0 Å². The van der Waals surface area contributed by atoms with Crippen LogP contribution in [0.1, 0.15) is 16.7 Å². The van der Waals surface area contributed by atoms with E-state index < -0.39 is 0 Å². The normalized spacial score (nSPS) is 15.8. The number of nitrogens with one attached hydrogen (secondary N) is 1. The molecule has 0 atom stereocenters. The summed E-state index contributed by atoms with van der Waals surface area (Å²) >= 11 is 0. The van der Waals surface area contributed by atoms with Gasteiger partial charge < -0.3 is 5.32 Å². The summed E-state index contributed by atoms with van der Waals surface area (Å²) in [6.07, 6.45) is 0.968. The molecule has 1 aromatic carbocycles. The van der Waals surface area contributed by atoms with Crippen LogP contribution in [0, 0.1) is 0 Å². The molecule has 0 bridgehead atoms. The maximum Gasteiger partial charge on any atom is 0.115 e. The first-order valence-corrected chi connectivity index (χ1v) is 4.28. The van der Waals surface area contributed by atoms with E-state index in [1.165, 1.54) is 11.1 Å². The molecule has 0 saturated carbocycles. The summed E-state index contributed by atoms with van der Waals surface area (Å²) in [6, 6.07) is 5.88. The fourth-order valence-corrected chi connectivity index (χ4v) is 1.74. The lowest BCUT2D eigenvalue weighted by atomic mass is 9.96. The molecule has 0 aromatic heterocycles. The summed E-state index contributed by atoms with van der Waals surface area (Å²) in [5.41, 5.74) is 3.35. The van der Waals surface area contributed by atoms with Crippen LogP contribution in [-0.4, -0.2) is 6.54 Å². The van der Waals surface area contributed by atoms with Crippen molar-refractivity contribution in [2.75, 3.05) is 6.54 Å². The summed E-state index contributed by atoms with van der Waals surface area (Å²) in [5.74, 6) is 0. The molecule has 2 heteroatoms. The standard InChI is InChI=1S/C10H12FN/c11-6-8-2-1-3-9-7-12-5-4-10(8)9/h1-3,12H,4-7H2. The predicted octanol–water partition coefficient (Wildman–Crippen LogP) is 1.80. The van der Waals surface area contributed by atoms with E-state index in [0.29, 0.717) is 0 Å². The Labute approximate surface area is 71.6 Å². The van der Waals surface area contributed by atoms with Crippen LogP contribution in [0.2, 0.25) is 0 Å². The molecule has 0 aliphatic carbocycles. The molecule has 1 nitrogen and oxygen atoms in total. The minimum Gasteiger partial charge on any atom is -0.312 e. The Morgan fingerprint density at radius 2 is 2.33 bits per heavy atom. The Kier molecular flexibility index (Phi) is 2.09. The highest BCUT2D eigenvalue weighted by Crippen LogP contribution is 2.19. The molecule has 1 aromatic rings. The van der Waals surface area contributed by atoms with E-state index in [-0.39, 0.29) is 6.67 Å². The third kappa shape index (κ3) is 1.23. The van der Waals surface area contributed by atoms with Crippen LogP contribution in [0.15, 0.2) is 18.2 Å². The Bertz CT molecular complexity index is 269. The number of hydrogen-bond acceptors (Lipinski definition) is 1. The molecule has 0 saturated heterocycles. The van der Waals surface area contributed by atoms with Crippen molar-refractivity contribution in [3.8, 4) is 0 Å². The molecule has 0 unspecified atom stereocenters. The van der Waals surface area contributed by atoms with E-state index in [2.05, 4.69) is 11.4 Å². The van der Waals surface area contributed by atoms with Crippen LogP contribution < -0.4 is 5.32 Å². The minimum atomic E-state index is -0.330. The van der Waals surface area contributed by atoms with Crippen LogP contribution in [0.3, 0.4) is 0 Å². The molecular formula is C10H12FN. The molecule has 0 amide bonds. The van der Waals surface area contributed by atoms with Crippen molar-refractivity contribution in [1.29, 1.82) is 0 Å². The van der Waals surface area contributed by atoms with Gasteiger partial charge in [-0.3, -0.25) is 0 Å². The first kappa shape index (κ1) is 7.74. The van der Waals surface area contributed by atoms with Crippen LogP contribution in [0.5, 0.6) is 0 Å². The third-order valence-electron chi connectivity index (χ3n) is 2.38. The van der Waals surface area contributed by atoms with Gasteiger partial charge in [-0.2, -0.15) is 0 Å². The van der Waals surface area contributed by atoms with Gasteiger partial charge >= 0.3 is 0 Å². The van der Waals surface area contributed by atoms with Gasteiger partial charge in [0.2, 0.25) is 0 Å². The zero-order chi connectivity index (χ0) is 8.39. The van der Waals surface area contributed by atoms with Crippen LogP contribution in [-0.2, 0) is 19.6 Å². The van der Waals surface area contributed by atoms with Crippen molar-refractivity contribution in [2.24, 2.45) is 0 Å². The second-order valence-corrected chi connectivity index (χ2v) is 3.12. The first-order chi connectivity index (χ1) is 5.92.